The zero-order chi connectivity index (χ0) is 11.3. The molecule has 0 saturated carbocycles. The van der Waals surface area contributed by atoms with Gasteiger partial charge in [-0.25, -0.2) is 9.97 Å². The molecule has 1 heterocycles. The van der Waals surface area contributed by atoms with Crippen LogP contribution in [0.5, 0.6) is 0 Å². The second kappa shape index (κ2) is 5.48. The predicted molar refractivity (Wildman–Crippen MR) is 62.1 cm³/mol. The maximum atomic E-state index is 4.35. The number of hydrogen-bond acceptors (Lipinski definition) is 5. The van der Waals surface area contributed by atoms with E-state index in [0.717, 1.165) is 19.0 Å². The summed E-state index contributed by atoms with van der Waals surface area (Å²) in [7, 11) is 0. The molecule has 15 heavy (non-hydrogen) atoms. The summed E-state index contributed by atoms with van der Waals surface area (Å²) < 4.78 is 0. The van der Waals surface area contributed by atoms with Gasteiger partial charge < -0.3 is 10.2 Å². The van der Waals surface area contributed by atoms with Crippen LogP contribution in [0, 0.1) is 0 Å². The van der Waals surface area contributed by atoms with Gasteiger partial charge >= 0.3 is 0 Å². The number of nitrogens with one attached hydrogen (secondary N) is 1. The van der Waals surface area contributed by atoms with Gasteiger partial charge in [-0.1, -0.05) is 0 Å². The van der Waals surface area contributed by atoms with Crippen LogP contribution in [-0.4, -0.2) is 34.1 Å². The van der Waals surface area contributed by atoms with Gasteiger partial charge in [-0.2, -0.15) is 4.98 Å². The lowest BCUT2D eigenvalue weighted by Crippen LogP contribution is -2.25. The molecule has 1 aromatic rings. The van der Waals surface area contributed by atoms with Crippen molar-refractivity contribution >= 4 is 11.9 Å². The number of rotatable bonds is 5. The molecule has 0 atom stereocenters. The second-order valence-electron chi connectivity index (χ2n) is 3.58. The Kier molecular flexibility index (Phi) is 4.27. The van der Waals surface area contributed by atoms with Gasteiger partial charge in [0.1, 0.15) is 6.33 Å². The third-order valence-electron chi connectivity index (χ3n) is 2.02. The van der Waals surface area contributed by atoms with Gasteiger partial charge in [0.05, 0.1) is 0 Å². The summed E-state index contributed by atoms with van der Waals surface area (Å²) in [6, 6.07) is 0.331. The molecule has 1 aromatic heterocycles. The highest BCUT2D eigenvalue weighted by Gasteiger charge is 2.06. The molecule has 0 amide bonds. The van der Waals surface area contributed by atoms with E-state index in [9.17, 15) is 0 Å². The fraction of sp³-hybridized carbons (Fsp3) is 0.700. The Hall–Kier alpha value is -1.39. The Morgan fingerprint density at radius 3 is 2.47 bits per heavy atom. The molecule has 0 unspecified atom stereocenters. The third-order valence-corrected chi connectivity index (χ3v) is 2.02. The SMILES string of the molecule is CCN(CC)c1ncnc(NC(C)C)n1. The molecule has 0 bridgehead atoms. The van der Waals surface area contributed by atoms with Crippen molar-refractivity contribution in [3.8, 4) is 0 Å². The van der Waals surface area contributed by atoms with Crippen molar-refractivity contribution in [1.29, 1.82) is 0 Å². The molecule has 84 valence electrons. The molecular weight excluding hydrogens is 190 g/mol. The van der Waals surface area contributed by atoms with Crippen LogP contribution < -0.4 is 10.2 Å². The minimum atomic E-state index is 0.331. The summed E-state index contributed by atoms with van der Waals surface area (Å²) in [5, 5.41) is 3.16. The van der Waals surface area contributed by atoms with Gasteiger partial charge in [-0.05, 0) is 27.7 Å². The van der Waals surface area contributed by atoms with Crippen LogP contribution in [0.3, 0.4) is 0 Å². The average molecular weight is 209 g/mol. The first-order valence-corrected chi connectivity index (χ1v) is 5.37. The lowest BCUT2D eigenvalue weighted by atomic mass is 10.4. The highest BCUT2D eigenvalue weighted by molar-refractivity contribution is 5.35. The molecule has 5 nitrogen and oxygen atoms in total. The van der Waals surface area contributed by atoms with E-state index < -0.39 is 0 Å². The highest BCUT2D eigenvalue weighted by Crippen LogP contribution is 2.08. The van der Waals surface area contributed by atoms with Crippen LogP contribution in [0.15, 0.2) is 6.33 Å². The molecule has 0 aromatic carbocycles. The van der Waals surface area contributed by atoms with E-state index in [4.69, 9.17) is 0 Å². The van der Waals surface area contributed by atoms with Gasteiger partial charge in [0.15, 0.2) is 0 Å². The largest absolute Gasteiger partial charge is 0.352 e. The summed E-state index contributed by atoms with van der Waals surface area (Å²) in [5.41, 5.74) is 0. The Balaban J connectivity index is 2.81. The van der Waals surface area contributed by atoms with E-state index in [-0.39, 0.29) is 0 Å². The maximum Gasteiger partial charge on any atom is 0.230 e. The standard InChI is InChI=1S/C10H19N5/c1-5-15(6-2)10-12-7-11-9(14-10)13-8(3)4/h7-8H,5-6H2,1-4H3,(H,11,12,13,14). The maximum absolute atomic E-state index is 4.35. The van der Waals surface area contributed by atoms with Gasteiger partial charge in [0, 0.05) is 19.1 Å². The topological polar surface area (TPSA) is 53.9 Å². The molecule has 1 rings (SSSR count). The quantitative estimate of drug-likeness (QED) is 0.797. The zero-order valence-electron chi connectivity index (χ0n) is 9.86. The number of nitrogens with zero attached hydrogens (tertiary/aromatic N) is 4. The van der Waals surface area contributed by atoms with Gasteiger partial charge in [-0.15, -0.1) is 0 Å². The normalized spacial score (nSPS) is 10.5. The van der Waals surface area contributed by atoms with E-state index in [1.54, 1.807) is 6.33 Å². The molecule has 0 aliphatic carbocycles. The first-order chi connectivity index (χ1) is 7.17. The summed E-state index contributed by atoms with van der Waals surface area (Å²) in [6.07, 6.45) is 1.55. The van der Waals surface area contributed by atoms with Crippen LogP contribution in [0.4, 0.5) is 11.9 Å². The van der Waals surface area contributed by atoms with Crippen LogP contribution in [0.2, 0.25) is 0 Å². The highest BCUT2D eigenvalue weighted by atomic mass is 15.3. The van der Waals surface area contributed by atoms with Crippen molar-refractivity contribution in [2.24, 2.45) is 0 Å². The first kappa shape index (κ1) is 11.7. The van der Waals surface area contributed by atoms with Crippen molar-refractivity contribution < 1.29 is 0 Å². The molecule has 1 N–H and O–H groups in total. The second-order valence-corrected chi connectivity index (χ2v) is 3.58. The predicted octanol–water partition coefficient (Wildman–Crippen LogP) is 1.54. The minimum Gasteiger partial charge on any atom is -0.352 e. The monoisotopic (exact) mass is 209 g/mol. The molecule has 0 aliphatic heterocycles. The fourth-order valence-corrected chi connectivity index (χ4v) is 1.27. The van der Waals surface area contributed by atoms with Crippen molar-refractivity contribution in [3.05, 3.63) is 6.33 Å². The van der Waals surface area contributed by atoms with Crippen molar-refractivity contribution in [2.45, 2.75) is 33.7 Å². The van der Waals surface area contributed by atoms with E-state index in [0.29, 0.717) is 12.0 Å². The zero-order valence-corrected chi connectivity index (χ0v) is 9.86. The van der Waals surface area contributed by atoms with Gasteiger partial charge in [0.2, 0.25) is 11.9 Å². The smallest absolute Gasteiger partial charge is 0.230 e. The van der Waals surface area contributed by atoms with E-state index in [1.165, 1.54) is 0 Å². The average Bonchev–Trinajstić information content (AvgIpc) is 2.19. The Bertz CT molecular complexity index is 296. The molecule has 0 radical (unpaired) electrons. The lowest BCUT2D eigenvalue weighted by Gasteiger charge is -2.18. The van der Waals surface area contributed by atoms with Gasteiger partial charge in [0.25, 0.3) is 0 Å². The molecule has 0 saturated heterocycles. The van der Waals surface area contributed by atoms with E-state index in [2.05, 4.69) is 52.9 Å². The van der Waals surface area contributed by atoms with Crippen LogP contribution >= 0.6 is 0 Å². The number of aromatic nitrogens is 3. The van der Waals surface area contributed by atoms with E-state index >= 15 is 0 Å². The van der Waals surface area contributed by atoms with Gasteiger partial charge in [-0.3, -0.25) is 0 Å². The van der Waals surface area contributed by atoms with Crippen molar-refractivity contribution in [1.82, 2.24) is 15.0 Å². The molecule has 5 heteroatoms. The Morgan fingerprint density at radius 2 is 1.93 bits per heavy atom. The lowest BCUT2D eigenvalue weighted by molar-refractivity contribution is 0.802. The molecule has 0 aliphatic rings. The summed E-state index contributed by atoms with van der Waals surface area (Å²) >= 11 is 0. The first-order valence-electron chi connectivity index (χ1n) is 5.37. The van der Waals surface area contributed by atoms with Crippen LogP contribution in [0.1, 0.15) is 27.7 Å². The number of anilines is 2. The van der Waals surface area contributed by atoms with Crippen molar-refractivity contribution in [3.63, 3.8) is 0 Å². The summed E-state index contributed by atoms with van der Waals surface area (Å²) in [6.45, 7) is 10.1. The third kappa shape index (κ3) is 3.34. The Labute approximate surface area is 91.0 Å². The molecular formula is C10H19N5. The summed E-state index contributed by atoms with van der Waals surface area (Å²) in [5.74, 6) is 1.38. The number of hydrogen-bond donors (Lipinski definition) is 1. The van der Waals surface area contributed by atoms with E-state index in [1.807, 2.05) is 0 Å². The van der Waals surface area contributed by atoms with Crippen molar-refractivity contribution in [2.75, 3.05) is 23.3 Å². The summed E-state index contributed by atoms with van der Waals surface area (Å²) in [4.78, 5) is 14.7. The minimum absolute atomic E-state index is 0.331. The Morgan fingerprint density at radius 1 is 1.27 bits per heavy atom. The van der Waals surface area contributed by atoms with Crippen LogP contribution in [-0.2, 0) is 0 Å². The van der Waals surface area contributed by atoms with Crippen LogP contribution in [0.25, 0.3) is 0 Å². The molecule has 0 fully saturated rings. The molecule has 0 spiro atoms. The fourth-order valence-electron chi connectivity index (χ4n) is 1.27.